The largest absolute Gasteiger partial charge is 0.382 e. The molecule has 0 saturated carbocycles. The van der Waals surface area contributed by atoms with E-state index in [0.717, 1.165) is 12.8 Å². The molecule has 0 bridgehead atoms. The van der Waals surface area contributed by atoms with E-state index >= 15 is 0 Å². The first-order valence-electron chi connectivity index (χ1n) is 3.59. The quantitative estimate of drug-likeness (QED) is 0.585. The molecule has 0 rings (SSSR count). The van der Waals surface area contributed by atoms with Crippen LogP contribution in [0.25, 0.3) is 0 Å². The minimum atomic E-state index is 0.245. The maximum Gasteiger partial charge on any atom is 0.0596 e. The zero-order valence-electron chi connectivity index (χ0n) is 7.09. The summed E-state index contributed by atoms with van der Waals surface area (Å²) in [6.45, 7) is 5.79. The SMILES string of the molecule is [CH2]CC(CC(C)OC)OC. The Kier molecular flexibility index (Phi) is 5.64. The summed E-state index contributed by atoms with van der Waals surface area (Å²) < 4.78 is 10.2. The molecule has 0 aromatic rings. The van der Waals surface area contributed by atoms with Crippen LogP contribution in [0.2, 0.25) is 0 Å². The van der Waals surface area contributed by atoms with Crippen molar-refractivity contribution in [1.29, 1.82) is 0 Å². The Hall–Kier alpha value is -0.0800. The Morgan fingerprint density at radius 3 is 2.20 bits per heavy atom. The topological polar surface area (TPSA) is 18.5 Å². The summed E-state index contributed by atoms with van der Waals surface area (Å²) in [4.78, 5) is 0. The highest BCUT2D eigenvalue weighted by atomic mass is 16.5. The van der Waals surface area contributed by atoms with Crippen LogP contribution in [0.5, 0.6) is 0 Å². The van der Waals surface area contributed by atoms with Crippen molar-refractivity contribution < 1.29 is 9.47 Å². The fourth-order valence-corrected chi connectivity index (χ4v) is 0.798. The molecular formula is C8H17O2. The van der Waals surface area contributed by atoms with E-state index in [2.05, 4.69) is 6.92 Å². The molecule has 0 amide bonds. The number of hydrogen-bond acceptors (Lipinski definition) is 2. The van der Waals surface area contributed by atoms with Crippen LogP contribution in [0.3, 0.4) is 0 Å². The first-order chi connectivity index (χ1) is 4.74. The molecule has 0 aromatic heterocycles. The molecule has 0 heterocycles. The van der Waals surface area contributed by atoms with Crippen molar-refractivity contribution in [2.24, 2.45) is 0 Å². The van der Waals surface area contributed by atoms with Crippen molar-refractivity contribution in [1.82, 2.24) is 0 Å². The average molecular weight is 145 g/mol. The van der Waals surface area contributed by atoms with E-state index in [1.165, 1.54) is 0 Å². The normalized spacial score (nSPS) is 16.8. The maximum atomic E-state index is 5.13. The van der Waals surface area contributed by atoms with Crippen LogP contribution >= 0.6 is 0 Å². The molecule has 0 fully saturated rings. The van der Waals surface area contributed by atoms with Gasteiger partial charge in [-0.1, -0.05) is 6.92 Å². The van der Waals surface area contributed by atoms with Crippen molar-refractivity contribution >= 4 is 0 Å². The highest BCUT2D eigenvalue weighted by molar-refractivity contribution is 4.62. The van der Waals surface area contributed by atoms with Crippen LogP contribution < -0.4 is 0 Å². The van der Waals surface area contributed by atoms with E-state index in [0.29, 0.717) is 0 Å². The van der Waals surface area contributed by atoms with E-state index in [4.69, 9.17) is 9.47 Å². The van der Waals surface area contributed by atoms with Gasteiger partial charge in [-0.25, -0.2) is 0 Å². The summed E-state index contributed by atoms with van der Waals surface area (Å²) in [5.41, 5.74) is 0. The predicted molar refractivity (Wildman–Crippen MR) is 41.9 cm³/mol. The van der Waals surface area contributed by atoms with Gasteiger partial charge in [-0.3, -0.25) is 0 Å². The second-order valence-electron chi connectivity index (χ2n) is 2.43. The molecule has 2 atom stereocenters. The molecular weight excluding hydrogens is 128 g/mol. The minimum Gasteiger partial charge on any atom is -0.382 e. The lowest BCUT2D eigenvalue weighted by Crippen LogP contribution is -2.18. The lowest BCUT2D eigenvalue weighted by Gasteiger charge is -2.16. The van der Waals surface area contributed by atoms with Gasteiger partial charge in [0.05, 0.1) is 12.2 Å². The van der Waals surface area contributed by atoms with Crippen LogP contribution in [0.4, 0.5) is 0 Å². The fraction of sp³-hybridized carbons (Fsp3) is 0.875. The summed E-state index contributed by atoms with van der Waals surface area (Å²) in [6, 6.07) is 0. The summed E-state index contributed by atoms with van der Waals surface area (Å²) >= 11 is 0. The van der Waals surface area contributed by atoms with Crippen LogP contribution in [0, 0.1) is 6.92 Å². The van der Waals surface area contributed by atoms with Gasteiger partial charge >= 0.3 is 0 Å². The van der Waals surface area contributed by atoms with Crippen molar-refractivity contribution in [3.8, 4) is 0 Å². The Balaban J connectivity index is 3.41. The van der Waals surface area contributed by atoms with Gasteiger partial charge in [0, 0.05) is 14.2 Å². The molecule has 0 aliphatic rings. The standard InChI is InChI=1S/C8H17O2/c1-5-8(10-4)6-7(2)9-3/h7-8H,1,5-6H2,2-4H3. The first kappa shape index (κ1) is 9.92. The number of methoxy groups -OCH3 is 2. The maximum absolute atomic E-state index is 5.13. The third-order valence-corrected chi connectivity index (χ3v) is 1.65. The summed E-state index contributed by atoms with van der Waals surface area (Å²) in [5.74, 6) is 0. The van der Waals surface area contributed by atoms with Crippen LogP contribution in [-0.4, -0.2) is 26.4 Å². The average Bonchev–Trinajstić information content (AvgIpc) is 1.99. The van der Waals surface area contributed by atoms with Gasteiger partial charge < -0.3 is 9.47 Å². The summed E-state index contributed by atoms with van der Waals surface area (Å²) in [5, 5.41) is 0. The van der Waals surface area contributed by atoms with Gasteiger partial charge in [-0.15, -0.1) is 0 Å². The molecule has 0 aliphatic carbocycles. The van der Waals surface area contributed by atoms with Gasteiger partial charge in [0.25, 0.3) is 0 Å². The Morgan fingerprint density at radius 2 is 1.90 bits per heavy atom. The van der Waals surface area contributed by atoms with E-state index in [1.54, 1.807) is 14.2 Å². The van der Waals surface area contributed by atoms with Crippen LogP contribution in [0.1, 0.15) is 19.8 Å². The molecule has 2 nitrogen and oxygen atoms in total. The first-order valence-corrected chi connectivity index (χ1v) is 3.59. The van der Waals surface area contributed by atoms with Crippen LogP contribution in [-0.2, 0) is 9.47 Å². The monoisotopic (exact) mass is 145 g/mol. The third kappa shape index (κ3) is 3.85. The van der Waals surface area contributed by atoms with E-state index in [9.17, 15) is 0 Å². The molecule has 1 radical (unpaired) electrons. The third-order valence-electron chi connectivity index (χ3n) is 1.65. The second kappa shape index (κ2) is 5.69. The Labute approximate surface area is 63.5 Å². The van der Waals surface area contributed by atoms with E-state index in [1.807, 2.05) is 6.92 Å². The highest BCUT2D eigenvalue weighted by Crippen LogP contribution is 2.06. The van der Waals surface area contributed by atoms with Crippen molar-refractivity contribution in [2.75, 3.05) is 14.2 Å². The molecule has 0 spiro atoms. The van der Waals surface area contributed by atoms with Gasteiger partial charge in [0.1, 0.15) is 0 Å². The molecule has 0 aliphatic heterocycles. The zero-order chi connectivity index (χ0) is 7.98. The molecule has 2 heteroatoms. The van der Waals surface area contributed by atoms with Crippen molar-refractivity contribution in [3.63, 3.8) is 0 Å². The summed E-state index contributed by atoms with van der Waals surface area (Å²) in [7, 11) is 3.42. The predicted octanol–water partition coefficient (Wildman–Crippen LogP) is 1.65. The van der Waals surface area contributed by atoms with Gasteiger partial charge in [-0.05, 0) is 19.8 Å². The summed E-state index contributed by atoms with van der Waals surface area (Å²) in [6.07, 6.45) is 2.25. The Morgan fingerprint density at radius 1 is 1.30 bits per heavy atom. The van der Waals surface area contributed by atoms with E-state index < -0.39 is 0 Å². The molecule has 0 N–H and O–H groups in total. The lowest BCUT2D eigenvalue weighted by molar-refractivity contribution is 0.0320. The van der Waals surface area contributed by atoms with Crippen molar-refractivity contribution in [3.05, 3.63) is 6.92 Å². The zero-order valence-corrected chi connectivity index (χ0v) is 7.09. The fourth-order valence-electron chi connectivity index (χ4n) is 0.798. The Bertz CT molecular complexity index is 69.7. The molecule has 10 heavy (non-hydrogen) atoms. The van der Waals surface area contributed by atoms with Gasteiger partial charge in [-0.2, -0.15) is 0 Å². The van der Waals surface area contributed by atoms with Gasteiger partial charge in [0.2, 0.25) is 0 Å². The molecule has 0 saturated heterocycles. The van der Waals surface area contributed by atoms with Crippen LogP contribution in [0.15, 0.2) is 0 Å². The number of ether oxygens (including phenoxy) is 2. The second-order valence-corrected chi connectivity index (χ2v) is 2.43. The minimum absolute atomic E-state index is 0.245. The molecule has 61 valence electrons. The highest BCUT2D eigenvalue weighted by Gasteiger charge is 2.08. The van der Waals surface area contributed by atoms with Gasteiger partial charge in [0.15, 0.2) is 0 Å². The lowest BCUT2D eigenvalue weighted by atomic mass is 10.1. The van der Waals surface area contributed by atoms with E-state index in [-0.39, 0.29) is 12.2 Å². The number of rotatable bonds is 5. The molecule has 0 aromatic carbocycles. The van der Waals surface area contributed by atoms with Crippen molar-refractivity contribution in [2.45, 2.75) is 32.0 Å². The smallest absolute Gasteiger partial charge is 0.0596 e. The number of hydrogen-bond donors (Lipinski definition) is 0. The molecule has 2 unspecified atom stereocenters.